The smallest absolute Gasteiger partial charge is 0.241 e. The summed E-state index contributed by atoms with van der Waals surface area (Å²) in [5.41, 5.74) is 6.17. The molecule has 1 atom stereocenters. The largest absolute Gasteiger partial charge is 0.352 e. The van der Waals surface area contributed by atoms with Gasteiger partial charge in [0.05, 0.1) is 17.9 Å². The molecule has 0 bridgehead atoms. The predicted molar refractivity (Wildman–Crippen MR) is 74.8 cm³/mol. The number of nitrogens with zero attached hydrogens (tertiary/aromatic N) is 2. The number of nitrogens with two attached hydrogens (primary N) is 1. The van der Waals surface area contributed by atoms with Crippen LogP contribution in [0.25, 0.3) is 0 Å². The fourth-order valence-corrected chi connectivity index (χ4v) is 1.68. The maximum atomic E-state index is 11.7. The van der Waals surface area contributed by atoms with Crippen molar-refractivity contribution in [2.75, 3.05) is 5.32 Å². The van der Waals surface area contributed by atoms with Gasteiger partial charge in [0.1, 0.15) is 6.54 Å². The van der Waals surface area contributed by atoms with Crippen molar-refractivity contribution in [2.45, 2.75) is 37.9 Å². The first kappa shape index (κ1) is 14.3. The average molecular weight is 277 g/mol. The van der Waals surface area contributed by atoms with Crippen LogP contribution in [0.3, 0.4) is 0 Å². The van der Waals surface area contributed by atoms with Crippen LogP contribution in [0.2, 0.25) is 0 Å². The summed E-state index contributed by atoms with van der Waals surface area (Å²) in [7, 11) is 0. The third-order valence-electron chi connectivity index (χ3n) is 2.91. The maximum absolute atomic E-state index is 11.7. The summed E-state index contributed by atoms with van der Waals surface area (Å²) in [6.45, 7) is 3.68. The molecule has 2 rings (SSSR count). The molecule has 1 aromatic heterocycles. The van der Waals surface area contributed by atoms with E-state index >= 15 is 0 Å². The third-order valence-corrected chi connectivity index (χ3v) is 2.91. The highest BCUT2D eigenvalue weighted by molar-refractivity contribution is 5.94. The van der Waals surface area contributed by atoms with Crippen molar-refractivity contribution in [1.29, 1.82) is 0 Å². The number of carbonyl (C=O) groups excluding carboxylic acids is 2. The molecule has 0 aliphatic heterocycles. The van der Waals surface area contributed by atoms with Crippen molar-refractivity contribution in [1.82, 2.24) is 15.1 Å². The highest BCUT2D eigenvalue weighted by Crippen LogP contribution is 2.18. The van der Waals surface area contributed by atoms with E-state index in [1.807, 2.05) is 0 Å². The van der Waals surface area contributed by atoms with Crippen LogP contribution in [-0.2, 0) is 16.1 Å². The van der Waals surface area contributed by atoms with Crippen molar-refractivity contribution >= 4 is 17.5 Å². The molecule has 1 heterocycles. The molecule has 1 saturated carbocycles. The van der Waals surface area contributed by atoms with Gasteiger partial charge in [-0.25, -0.2) is 0 Å². The summed E-state index contributed by atoms with van der Waals surface area (Å²) in [5.74, 6) is -0.372. The molecular weight excluding hydrogens is 258 g/mol. The molecule has 1 aromatic rings. The van der Waals surface area contributed by atoms with E-state index in [9.17, 15) is 9.59 Å². The van der Waals surface area contributed by atoms with Gasteiger partial charge in [0.25, 0.3) is 0 Å². The molecule has 4 N–H and O–H groups in total. The summed E-state index contributed by atoms with van der Waals surface area (Å²) in [4.78, 5) is 23.3. The molecule has 0 spiro atoms. The topological polar surface area (TPSA) is 102 Å². The minimum atomic E-state index is -0.631. The maximum Gasteiger partial charge on any atom is 0.241 e. The summed E-state index contributed by atoms with van der Waals surface area (Å²) < 4.78 is 1.48. The van der Waals surface area contributed by atoms with E-state index in [1.54, 1.807) is 12.3 Å². The molecule has 1 aliphatic carbocycles. The molecular formula is C13H19N5O2. The number of anilines is 1. The first-order valence-electron chi connectivity index (χ1n) is 6.57. The Bertz CT molecular complexity index is 507. The van der Waals surface area contributed by atoms with Crippen molar-refractivity contribution in [3.05, 3.63) is 25.0 Å². The molecule has 1 aliphatic rings. The zero-order valence-electron chi connectivity index (χ0n) is 11.2. The lowest BCUT2D eigenvalue weighted by Crippen LogP contribution is -2.34. The summed E-state index contributed by atoms with van der Waals surface area (Å²) in [6.07, 6.45) is 7.19. The minimum absolute atomic E-state index is 0.0724. The lowest BCUT2D eigenvalue weighted by Gasteiger charge is -2.08. The average Bonchev–Trinajstić information content (AvgIpc) is 3.09. The molecule has 1 fully saturated rings. The standard InChI is InChI=1S/C13H19N5O2/c1-2-3-11(14)13(20)17-10-6-15-18(7-10)8-12(19)16-9-4-5-9/h2,6-7,9,11H,1,3-5,8,14H2,(H,16,19)(H,17,20). The number of carbonyl (C=O) groups is 2. The second-order valence-corrected chi connectivity index (χ2v) is 4.89. The zero-order valence-corrected chi connectivity index (χ0v) is 11.2. The van der Waals surface area contributed by atoms with E-state index in [0.717, 1.165) is 12.8 Å². The van der Waals surface area contributed by atoms with Crippen molar-refractivity contribution in [3.63, 3.8) is 0 Å². The first-order chi connectivity index (χ1) is 9.58. The van der Waals surface area contributed by atoms with Crippen LogP contribution in [0.5, 0.6) is 0 Å². The van der Waals surface area contributed by atoms with E-state index in [-0.39, 0.29) is 18.4 Å². The number of hydrogen-bond donors (Lipinski definition) is 3. The normalized spacial score (nSPS) is 15.4. The molecule has 1 unspecified atom stereocenters. The van der Waals surface area contributed by atoms with Crippen LogP contribution >= 0.6 is 0 Å². The van der Waals surface area contributed by atoms with Gasteiger partial charge in [0.15, 0.2) is 0 Å². The van der Waals surface area contributed by atoms with E-state index in [0.29, 0.717) is 18.2 Å². The Morgan fingerprint density at radius 3 is 3.00 bits per heavy atom. The molecule has 7 heteroatoms. The number of nitrogens with one attached hydrogen (secondary N) is 2. The second-order valence-electron chi connectivity index (χ2n) is 4.89. The van der Waals surface area contributed by atoms with Crippen LogP contribution in [0.15, 0.2) is 25.0 Å². The monoisotopic (exact) mass is 277 g/mol. The van der Waals surface area contributed by atoms with E-state index in [2.05, 4.69) is 22.3 Å². The molecule has 0 saturated heterocycles. The van der Waals surface area contributed by atoms with Gasteiger partial charge < -0.3 is 16.4 Å². The van der Waals surface area contributed by atoms with Crippen LogP contribution in [-0.4, -0.2) is 33.7 Å². The van der Waals surface area contributed by atoms with Crippen LogP contribution in [0.4, 0.5) is 5.69 Å². The van der Waals surface area contributed by atoms with Gasteiger partial charge in [0, 0.05) is 12.2 Å². The van der Waals surface area contributed by atoms with Crippen LogP contribution < -0.4 is 16.4 Å². The number of aromatic nitrogens is 2. The molecule has 7 nitrogen and oxygen atoms in total. The molecule has 108 valence electrons. The Labute approximate surface area is 117 Å². The Hall–Kier alpha value is -2.15. The summed E-state index contributed by atoms with van der Waals surface area (Å²) >= 11 is 0. The Kier molecular flexibility index (Phi) is 4.52. The van der Waals surface area contributed by atoms with E-state index in [4.69, 9.17) is 5.73 Å². The molecule has 0 radical (unpaired) electrons. The van der Waals surface area contributed by atoms with Crippen molar-refractivity contribution in [2.24, 2.45) is 5.73 Å². The number of rotatable bonds is 7. The van der Waals surface area contributed by atoms with E-state index in [1.165, 1.54) is 10.9 Å². The van der Waals surface area contributed by atoms with Gasteiger partial charge in [-0.05, 0) is 19.3 Å². The zero-order chi connectivity index (χ0) is 14.5. The van der Waals surface area contributed by atoms with Crippen LogP contribution in [0.1, 0.15) is 19.3 Å². The highest BCUT2D eigenvalue weighted by atomic mass is 16.2. The second kappa shape index (κ2) is 6.33. The third kappa shape index (κ3) is 4.20. The Balaban J connectivity index is 1.83. The fraction of sp³-hybridized carbons (Fsp3) is 0.462. The first-order valence-corrected chi connectivity index (χ1v) is 6.57. The number of hydrogen-bond acceptors (Lipinski definition) is 4. The fourth-order valence-electron chi connectivity index (χ4n) is 1.68. The molecule has 20 heavy (non-hydrogen) atoms. The van der Waals surface area contributed by atoms with Gasteiger partial charge in [-0.15, -0.1) is 6.58 Å². The predicted octanol–water partition coefficient (Wildman–Crippen LogP) is 0.00360. The molecule has 2 amide bonds. The minimum Gasteiger partial charge on any atom is -0.352 e. The summed E-state index contributed by atoms with van der Waals surface area (Å²) in [5, 5.41) is 9.54. The highest BCUT2D eigenvalue weighted by Gasteiger charge is 2.23. The number of amides is 2. The van der Waals surface area contributed by atoms with E-state index < -0.39 is 6.04 Å². The summed E-state index contributed by atoms with van der Waals surface area (Å²) in [6, 6.07) is -0.303. The van der Waals surface area contributed by atoms with Gasteiger partial charge in [0.2, 0.25) is 11.8 Å². The van der Waals surface area contributed by atoms with Crippen LogP contribution in [0, 0.1) is 0 Å². The molecule has 0 aromatic carbocycles. The van der Waals surface area contributed by atoms with Gasteiger partial charge >= 0.3 is 0 Å². The van der Waals surface area contributed by atoms with Crippen molar-refractivity contribution in [3.8, 4) is 0 Å². The Morgan fingerprint density at radius 2 is 2.35 bits per heavy atom. The lowest BCUT2D eigenvalue weighted by molar-refractivity contribution is -0.122. The lowest BCUT2D eigenvalue weighted by atomic mass is 10.2. The van der Waals surface area contributed by atoms with Gasteiger partial charge in [-0.3, -0.25) is 14.3 Å². The van der Waals surface area contributed by atoms with Gasteiger partial charge in [-0.1, -0.05) is 6.08 Å². The SMILES string of the molecule is C=CCC(N)C(=O)Nc1cnn(CC(=O)NC2CC2)c1. The van der Waals surface area contributed by atoms with Gasteiger partial charge in [-0.2, -0.15) is 5.10 Å². The van der Waals surface area contributed by atoms with Crippen molar-refractivity contribution < 1.29 is 9.59 Å². The Morgan fingerprint density at radius 1 is 1.60 bits per heavy atom. The quantitative estimate of drug-likeness (QED) is 0.611.